The predicted octanol–water partition coefficient (Wildman–Crippen LogP) is 1.88. The highest BCUT2D eigenvalue weighted by Gasteiger charge is 2.13. The summed E-state index contributed by atoms with van der Waals surface area (Å²) < 4.78 is 12.3. The van der Waals surface area contributed by atoms with Gasteiger partial charge < -0.3 is 14.8 Å². The van der Waals surface area contributed by atoms with Gasteiger partial charge in [0.2, 0.25) is 11.8 Å². The van der Waals surface area contributed by atoms with E-state index < -0.39 is 0 Å². The number of ether oxygens (including phenoxy) is 2. The maximum Gasteiger partial charge on any atom is 0.225 e. The number of hydrogen-bond donors (Lipinski definition) is 1. The molecular formula is C13H19N5O2. The maximum atomic E-state index is 5.23. The molecule has 1 N–H and O–H groups in total. The smallest absolute Gasteiger partial charge is 0.225 e. The Morgan fingerprint density at radius 1 is 1.20 bits per heavy atom. The molecule has 0 saturated heterocycles. The maximum absolute atomic E-state index is 5.23. The van der Waals surface area contributed by atoms with Gasteiger partial charge in [0.25, 0.3) is 0 Å². The molecule has 0 radical (unpaired) electrons. The van der Waals surface area contributed by atoms with Gasteiger partial charge in [-0.1, -0.05) is 0 Å². The molecule has 0 bridgehead atoms. The molecule has 2 rings (SSSR count). The standard InChI is InChI=1S/C13H19N5O2/c1-9(2)18-7-10(5-17-18)14-6-11-12(19-3)15-8-16-13(11)20-4/h5,7-9,14H,6H2,1-4H3. The number of nitrogens with zero attached hydrogens (tertiary/aromatic N) is 4. The van der Waals surface area contributed by atoms with Crippen molar-refractivity contribution in [3.63, 3.8) is 0 Å². The van der Waals surface area contributed by atoms with E-state index in [0.717, 1.165) is 11.3 Å². The Hall–Kier alpha value is -2.31. The van der Waals surface area contributed by atoms with Gasteiger partial charge in [0.15, 0.2) is 0 Å². The van der Waals surface area contributed by atoms with Gasteiger partial charge in [-0.15, -0.1) is 0 Å². The van der Waals surface area contributed by atoms with Crippen LogP contribution in [-0.4, -0.2) is 34.0 Å². The Labute approximate surface area is 118 Å². The molecule has 0 unspecified atom stereocenters. The lowest BCUT2D eigenvalue weighted by atomic mass is 10.3. The molecule has 0 aliphatic rings. The highest BCUT2D eigenvalue weighted by Crippen LogP contribution is 2.24. The second-order valence-electron chi connectivity index (χ2n) is 4.53. The van der Waals surface area contributed by atoms with Crippen molar-refractivity contribution in [3.05, 3.63) is 24.3 Å². The van der Waals surface area contributed by atoms with Gasteiger partial charge in [0.05, 0.1) is 38.2 Å². The molecule has 0 spiro atoms. The van der Waals surface area contributed by atoms with Crippen molar-refractivity contribution < 1.29 is 9.47 Å². The van der Waals surface area contributed by atoms with Gasteiger partial charge >= 0.3 is 0 Å². The fourth-order valence-electron chi connectivity index (χ4n) is 1.79. The molecule has 0 fully saturated rings. The molecule has 0 saturated carbocycles. The molecule has 0 aromatic carbocycles. The molecule has 7 nitrogen and oxygen atoms in total. The van der Waals surface area contributed by atoms with Crippen molar-refractivity contribution in [1.29, 1.82) is 0 Å². The third kappa shape index (κ3) is 2.98. The summed E-state index contributed by atoms with van der Waals surface area (Å²) in [6.07, 6.45) is 5.15. The fraction of sp³-hybridized carbons (Fsp3) is 0.462. The first-order valence-electron chi connectivity index (χ1n) is 6.35. The van der Waals surface area contributed by atoms with Gasteiger partial charge in [-0.2, -0.15) is 5.10 Å². The Kier molecular flexibility index (Phi) is 4.39. The molecule has 2 aromatic rings. The lowest BCUT2D eigenvalue weighted by Crippen LogP contribution is -2.06. The topological polar surface area (TPSA) is 74.1 Å². The van der Waals surface area contributed by atoms with E-state index in [4.69, 9.17) is 9.47 Å². The Morgan fingerprint density at radius 3 is 2.35 bits per heavy atom. The zero-order valence-electron chi connectivity index (χ0n) is 12.1. The van der Waals surface area contributed by atoms with Crippen LogP contribution in [0.25, 0.3) is 0 Å². The number of nitrogens with one attached hydrogen (secondary N) is 1. The minimum absolute atomic E-state index is 0.328. The lowest BCUT2D eigenvalue weighted by molar-refractivity contribution is 0.363. The fourth-order valence-corrected chi connectivity index (χ4v) is 1.79. The zero-order valence-corrected chi connectivity index (χ0v) is 12.1. The first-order chi connectivity index (χ1) is 9.65. The summed E-state index contributed by atoms with van der Waals surface area (Å²) in [6.45, 7) is 4.65. The third-order valence-electron chi connectivity index (χ3n) is 2.85. The van der Waals surface area contributed by atoms with Crippen LogP contribution in [0.15, 0.2) is 18.7 Å². The van der Waals surface area contributed by atoms with E-state index in [2.05, 4.69) is 34.2 Å². The molecule has 2 heterocycles. The summed E-state index contributed by atoms with van der Waals surface area (Å²) >= 11 is 0. The van der Waals surface area contributed by atoms with Gasteiger partial charge in [0.1, 0.15) is 6.33 Å². The van der Waals surface area contributed by atoms with Crippen LogP contribution in [0.4, 0.5) is 5.69 Å². The largest absolute Gasteiger partial charge is 0.481 e. The van der Waals surface area contributed by atoms with E-state index in [9.17, 15) is 0 Å². The molecule has 0 amide bonds. The van der Waals surface area contributed by atoms with Crippen LogP contribution in [0.1, 0.15) is 25.5 Å². The molecular weight excluding hydrogens is 258 g/mol. The van der Waals surface area contributed by atoms with E-state index in [1.165, 1.54) is 6.33 Å². The van der Waals surface area contributed by atoms with Crippen LogP contribution in [0.5, 0.6) is 11.8 Å². The minimum atomic E-state index is 0.328. The van der Waals surface area contributed by atoms with Crippen LogP contribution in [0.3, 0.4) is 0 Å². The first-order valence-corrected chi connectivity index (χ1v) is 6.35. The lowest BCUT2D eigenvalue weighted by Gasteiger charge is -2.11. The number of rotatable bonds is 6. The average molecular weight is 277 g/mol. The van der Waals surface area contributed by atoms with Gasteiger partial charge in [0, 0.05) is 12.2 Å². The minimum Gasteiger partial charge on any atom is -0.481 e. The summed E-state index contributed by atoms with van der Waals surface area (Å²) in [6, 6.07) is 0.328. The summed E-state index contributed by atoms with van der Waals surface area (Å²) in [5.41, 5.74) is 1.70. The van der Waals surface area contributed by atoms with Gasteiger partial charge in [-0.05, 0) is 13.8 Å². The number of anilines is 1. The SMILES string of the molecule is COc1ncnc(OC)c1CNc1cnn(C(C)C)c1. The second kappa shape index (κ2) is 6.23. The van der Waals surface area contributed by atoms with Crippen molar-refractivity contribution >= 4 is 5.69 Å². The third-order valence-corrected chi connectivity index (χ3v) is 2.85. The van der Waals surface area contributed by atoms with Crippen LogP contribution in [-0.2, 0) is 6.54 Å². The highest BCUT2D eigenvalue weighted by atomic mass is 16.5. The molecule has 0 atom stereocenters. The van der Waals surface area contributed by atoms with Crippen molar-refractivity contribution in [2.24, 2.45) is 0 Å². The van der Waals surface area contributed by atoms with Crippen LogP contribution in [0.2, 0.25) is 0 Å². The highest BCUT2D eigenvalue weighted by molar-refractivity contribution is 5.43. The second-order valence-corrected chi connectivity index (χ2v) is 4.53. The van der Waals surface area contributed by atoms with Crippen LogP contribution < -0.4 is 14.8 Å². The summed E-state index contributed by atoms with van der Waals surface area (Å²) in [5, 5.41) is 7.54. The summed E-state index contributed by atoms with van der Waals surface area (Å²) in [5.74, 6) is 1.00. The number of aromatic nitrogens is 4. The summed E-state index contributed by atoms with van der Waals surface area (Å²) in [4.78, 5) is 8.15. The van der Waals surface area contributed by atoms with Gasteiger partial charge in [-0.25, -0.2) is 9.97 Å². The molecule has 108 valence electrons. The quantitative estimate of drug-likeness (QED) is 0.869. The van der Waals surface area contributed by atoms with E-state index in [1.807, 2.05) is 10.9 Å². The van der Waals surface area contributed by atoms with Crippen molar-refractivity contribution in [1.82, 2.24) is 19.7 Å². The van der Waals surface area contributed by atoms with E-state index in [1.54, 1.807) is 20.4 Å². The Balaban J connectivity index is 2.13. The first kappa shape index (κ1) is 14.1. The van der Waals surface area contributed by atoms with Crippen LogP contribution in [0, 0.1) is 0 Å². The average Bonchev–Trinajstić information content (AvgIpc) is 2.93. The molecule has 2 aromatic heterocycles. The zero-order chi connectivity index (χ0) is 14.5. The van der Waals surface area contributed by atoms with Crippen molar-refractivity contribution in [3.8, 4) is 11.8 Å². The normalized spacial score (nSPS) is 10.7. The van der Waals surface area contributed by atoms with Crippen LogP contribution >= 0.6 is 0 Å². The van der Waals surface area contributed by atoms with E-state index in [0.29, 0.717) is 24.3 Å². The monoisotopic (exact) mass is 277 g/mol. The number of methoxy groups -OCH3 is 2. The number of hydrogen-bond acceptors (Lipinski definition) is 6. The van der Waals surface area contributed by atoms with Crippen molar-refractivity contribution in [2.75, 3.05) is 19.5 Å². The Morgan fingerprint density at radius 2 is 1.85 bits per heavy atom. The molecule has 0 aliphatic heterocycles. The molecule has 20 heavy (non-hydrogen) atoms. The molecule has 7 heteroatoms. The van der Waals surface area contributed by atoms with Gasteiger partial charge in [-0.3, -0.25) is 4.68 Å². The molecule has 0 aliphatic carbocycles. The van der Waals surface area contributed by atoms with Crippen molar-refractivity contribution in [2.45, 2.75) is 26.4 Å². The predicted molar refractivity (Wildman–Crippen MR) is 75.1 cm³/mol. The van der Waals surface area contributed by atoms with E-state index >= 15 is 0 Å². The Bertz CT molecular complexity index is 545. The summed E-state index contributed by atoms with van der Waals surface area (Å²) in [7, 11) is 3.14. The van der Waals surface area contributed by atoms with E-state index in [-0.39, 0.29) is 0 Å².